The van der Waals surface area contributed by atoms with E-state index in [9.17, 15) is 8.42 Å². The summed E-state index contributed by atoms with van der Waals surface area (Å²) in [5.41, 5.74) is 6.27. The van der Waals surface area contributed by atoms with E-state index in [1.165, 1.54) is 0 Å². The van der Waals surface area contributed by atoms with Crippen LogP contribution in [-0.2, 0) is 10.0 Å². The molecule has 1 unspecified atom stereocenters. The third-order valence-corrected chi connectivity index (χ3v) is 4.33. The van der Waals surface area contributed by atoms with Crippen molar-refractivity contribution in [2.24, 2.45) is 16.8 Å². The van der Waals surface area contributed by atoms with Crippen LogP contribution in [0.2, 0.25) is 0 Å². The van der Waals surface area contributed by atoms with Gasteiger partial charge in [-0.3, -0.25) is 0 Å². The first-order valence-corrected chi connectivity index (χ1v) is 7.64. The van der Waals surface area contributed by atoms with Crippen LogP contribution in [0.3, 0.4) is 0 Å². The maximum Gasteiger partial charge on any atom is 0.240 e. The van der Waals surface area contributed by atoms with E-state index >= 15 is 0 Å². The molecule has 1 atom stereocenters. The van der Waals surface area contributed by atoms with Crippen LogP contribution in [0, 0.1) is 5.92 Å². The van der Waals surface area contributed by atoms with E-state index in [0.717, 1.165) is 25.9 Å². The Balaban J connectivity index is 2.25. The Hall–Kier alpha value is -1.11. The number of para-hydroxylation sites is 1. The van der Waals surface area contributed by atoms with E-state index in [4.69, 9.17) is 10.9 Å². The molecular weight excluding hydrogens is 250 g/mol. The number of primary sulfonamides is 1. The Morgan fingerprint density at radius 3 is 2.72 bits per heavy atom. The highest BCUT2D eigenvalue weighted by Crippen LogP contribution is 2.30. The molecule has 0 amide bonds. The third-order valence-electron chi connectivity index (χ3n) is 3.37. The van der Waals surface area contributed by atoms with Crippen LogP contribution in [0.5, 0.6) is 0 Å². The Labute approximate surface area is 108 Å². The Morgan fingerprint density at radius 2 is 2.06 bits per heavy atom. The number of nitrogens with two attached hydrogens (primary N) is 2. The number of anilines is 1. The standard InChI is InChI=1S/C12H19N3O2S/c13-7-5-10-6-8-15(9-10)11-3-1-2-4-12(11)18(14,16)17/h1-4,10H,5-9,13H2,(H2,14,16,17). The molecule has 100 valence electrons. The molecule has 0 radical (unpaired) electrons. The highest BCUT2D eigenvalue weighted by Gasteiger charge is 2.25. The minimum atomic E-state index is -3.67. The summed E-state index contributed by atoms with van der Waals surface area (Å²) in [6, 6.07) is 6.89. The van der Waals surface area contributed by atoms with Gasteiger partial charge in [0.15, 0.2) is 0 Å². The fourth-order valence-corrected chi connectivity index (χ4v) is 3.24. The lowest BCUT2D eigenvalue weighted by Gasteiger charge is -2.21. The van der Waals surface area contributed by atoms with Crippen molar-refractivity contribution in [2.45, 2.75) is 17.7 Å². The number of hydrogen-bond acceptors (Lipinski definition) is 4. The Morgan fingerprint density at radius 1 is 1.33 bits per heavy atom. The first kappa shape index (κ1) is 13.3. The molecule has 0 bridgehead atoms. The van der Waals surface area contributed by atoms with Gasteiger partial charge in [0.1, 0.15) is 4.90 Å². The van der Waals surface area contributed by atoms with Gasteiger partial charge in [0.05, 0.1) is 5.69 Å². The second kappa shape index (κ2) is 5.26. The van der Waals surface area contributed by atoms with Gasteiger partial charge in [-0.2, -0.15) is 0 Å². The molecule has 1 aromatic rings. The summed E-state index contributed by atoms with van der Waals surface area (Å²) in [5.74, 6) is 0.545. The van der Waals surface area contributed by atoms with Crippen molar-refractivity contribution in [1.29, 1.82) is 0 Å². The topological polar surface area (TPSA) is 89.4 Å². The van der Waals surface area contributed by atoms with Crippen molar-refractivity contribution in [3.63, 3.8) is 0 Å². The molecule has 0 saturated carbocycles. The normalized spacial score (nSPS) is 20.3. The van der Waals surface area contributed by atoms with Gasteiger partial charge in [-0.25, -0.2) is 13.6 Å². The number of sulfonamides is 1. The summed E-state index contributed by atoms with van der Waals surface area (Å²) in [7, 11) is -3.67. The molecule has 2 rings (SSSR count). The second-order valence-corrected chi connectivity index (χ2v) is 6.22. The number of nitrogens with zero attached hydrogens (tertiary/aromatic N) is 1. The van der Waals surface area contributed by atoms with Crippen molar-refractivity contribution in [3.05, 3.63) is 24.3 Å². The van der Waals surface area contributed by atoms with E-state index in [2.05, 4.69) is 4.90 Å². The van der Waals surface area contributed by atoms with Crippen molar-refractivity contribution in [3.8, 4) is 0 Å². The predicted molar refractivity (Wildman–Crippen MR) is 71.8 cm³/mol. The number of benzene rings is 1. The maximum absolute atomic E-state index is 11.5. The van der Waals surface area contributed by atoms with Gasteiger partial charge in [-0.05, 0) is 37.4 Å². The van der Waals surface area contributed by atoms with E-state index in [1.807, 2.05) is 12.1 Å². The lowest BCUT2D eigenvalue weighted by atomic mass is 10.1. The molecule has 18 heavy (non-hydrogen) atoms. The smallest absolute Gasteiger partial charge is 0.240 e. The number of rotatable bonds is 4. The van der Waals surface area contributed by atoms with Crippen LogP contribution in [-0.4, -0.2) is 28.1 Å². The zero-order chi connectivity index (χ0) is 13.2. The van der Waals surface area contributed by atoms with E-state index in [-0.39, 0.29) is 4.90 Å². The van der Waals surface area contributed by atoms with Crippen LogP contribution in [0.1, 0.15) is 12.8 Å². The first-order valence-electron chi connectivity index (χ1n) is 6.09. The van der Waals surface area contributed by atoms with Crippen LogP contribution >= 0.6 is 0 Å². The zero-order valence-electron chi connectivity index (χ0n) is 10.2. The molecule has 0 spiro atoms. The van der Waals surface area contributed by atoms with Crippen LogP contribution in [0.4, 0.5) is 5.69 Å². The molecule has 1 fully saturated rings. The van der Waals surface area contributed by atoms with Crippen LogP contribution in [0.15, 0.2) is 29.2 Å². The molecule has 6 heteroatoms. The summed E-state index contributed by atoms with van der Waals surface area (Å²) in [6.45, 7) is 2.39. The van der Waals surface area contributed by atoms with Gasteiger partial charge in [0.2, 0.25) is 10.0 Å². The quantitative estimate of drug-likeness (QED) is 0.833. The summed E-state index contributed by atoms with van der Waals surface area (Å²) < 4.78 is 23.1. The predicted octanol–water partition coefficient (Wildman–Crippen LogP) is 0.509. The average molecular weight is 269 g/mol. The molecule has 0 aliphatic carbocycles. The molecule has 4 N–H and O–H groups in total. The van der Waals surface area contributed by atoms with E-state index < -0.39 is 10.0 Å². The van der Waals surface area contributed by atoms with Gasteiger partial charge in [0, 0.05) is 13.1 Å². The molecule has 1 aliphatic rings. The van der Waals surface area contributed by atoms with Gasteiger partial charge in [-0.1, -0.05) is 12.1 Å². The fraction of sp³-hybridized carbons (Fsp3) is 0.500. The van der Waals surface area contributed by atoms with Crippen molar-refractivity contribution in [2.75, 3.05) is 24.5 Å². The summed E-state index contributed by atoms with van der Waals surface area (Å²) in [5, 5.41) is 5.24. The highest BCUT2D eigenvalue weighted by atomic mass is 32.2. The molecule has 1 aliphatic heterocycles. The van der Waals surface area contributed by atoms with Crippen molar-refractivity contribution in [1.82, 2.24) is 0 Å². The first-order chi connectivity index (χ1) is 8.52. The Kier molecular flexibility index (Phi) is 3.89. The highest BCUT2D eigenvalue weighted by molar-refractivity contribution is 7.89. The van der Waals surface area contributed by atoms with Gasteiger partial charge in [0.25, 0.3) is 0 Å². The van der Waals surface area contributed by atoms with E-state index in [0.29, 0.717) is 18.2 Å². The minimum Gasteiger partial charge on any atom is -0.370 e. The largest absolute Gasteiger partial charge is 0.370 e. The van der Waals surface area contributed by atoms with Gasteiger partial charge >= 0.3 is 0 Å². The zero-order valence-corrected chi connectivity index (χ0v) is 11.1. The molecule has 1 aromatic carbocycles. The summed E-state index contributed by atoms with van der Waals surface area (Å²) >= 11 is 0. The van der Waals surface area contributed by atoms with Crippen LogP contribution in [0.25, 0.3) is 0 Å². The molecular formula is C12H19N3O2S. The molecule has 5 nitrogen and oxygen atoms in total. The lowest BCUT2D eigenvalue weighted by Crippen LogP contribution is -2.24. The van der Waals surface area contributed by atoms with Crippen molar-refractivity contribution < 1.29 is 8.42 Å². The average Bonchev–Trinajstić information content (AvgIpc) is 2.77. The minimum absolute atomic E-state index is 0.207. The molecule has 0 aromatic heterocycles. The summed E-state index contributed by atoms with van der Waals surface area (Å²) in [4.78, 5) is 2.29. The Bertz CT molecular complexity index is 516. The van der Waals surface area contributed by atoms with Gasteiger partial charge < -0.3 is 10.6 Å². The van der Waals surface area contributed by atoms with Gasteiger partial charge in [-0.15, -0.1) is 0 Å². The second-order valence-electron chi connectivity index (χ2n) is 4.69. The molecule has 1 heterocycles. The lowest BCUT2D eigenvalue weighted by molar-refractivity contribution is 0.546. The molecule has 1 saturated heterocycles. The monoisotopic (exact) mass is 269 g/mol. The fourth-order valence-electron chi connectivity index (χ4n) is 2.48. The van der Waals surface area contributed by atoms with Crippen LogP contribution < -0.4 is 15.8 Å². The third kappa shape index (κ3) is 2.82. The SMILES string of the molecule is NCCC1CCN(c2ccccc2S(N)(=O)=O)C1. The summed E-state index contributed by atoms with van der Waals surface area (Å²) in [6.07, 6.45) is 2.03. The maximum atomic E-state index is 11.5. The number of hydrogen-bond donors (Lipinski definition) is 2. The van der Waals surface area contributed by atoms with Crippen molar-refractivity contribution >= 4 is 15.7 Å². The van der Waals surface area contributed by atoms with E-state index in [1.54, 1.807) is 12.1 Å².